The fraction of sp³-hybridized carbons (Fsp3) is 0.722. The fourth-order valence-electron chi connectivity index (χ4n) is 4.13. The van der Waals surface area contributed by atoms with E-state index in [1.165, 1.54) is 69.1 Å². The molecule has 41 heavy (non-hydrogen) atoms. The summed E-state index contributed by atoms with van der Waals surface area (Å²) < 4.78 is 30.9. The molecule has 0 spiro atoms. The lowest BCUT2D eigenvalue weighted by atomic mass is 9.84. The van der Waals surface area contributed by atoms with E-state index in [1.807, 2.05) is 13.0 Å². The number of allylic oxidation sites excluding steroid dienone is 2. The normalized spacial score (nSPS) is 14.8. The van der Waals surface area contributed by atoms with Crippen molar-refractivity contribution in [1.29, 1.82) is 0 Å². The molecule has 3 nitrogen and oxygen atoms in total. The number of halogens is 2. The summed E-state index contributed by atoms with van der Waals surface area (Å²) in [7, 11) is 3.40. The summed E-state index contributed by atoms with van der Waals surface area (Å²) in [5.74, 6) is 0.316. The zero-order chi connectivity index (χ0) is 32.0. The smallest absolute Gasteiger partial charge is 0.266 e. The minimum absolute atomic E-state index is 0.0972. The van der Waals surface area contributed by atoms with Crippen LogP contribution >= 0.6 is 0 Å². The first-order chi connectivity index (χ1) is 19.2. The molecule has 238 valence electrons. The standard InChI is InChI=1S/C15H24O.C10H15F2N.C7H16.C4H8O/c1-6-8-11(2)12(3)14-9-7-10-15(16-5)13(14)4;1-7(10(2,11)12)6-9(13-3)8-4-5-8;1-3-5-7-6-4-2;1-3-4(2)5/h7,9-12H,6,8H2,1-5H3;6,8H,4-5H2,1-3H3;3-7H2,1-2H3;3H2,1-2H3/b;7-6+,13-9?;;/t11-,12+;;;/m0.../s1. The Bertz CT molecular complexity index is 878. The number of Topliss-reactive ketones (excluding diaryl/α,β-unsaturated/α-hetero) is 1. The van der Waals surface area contributed by atoms with E-state index in [2.05, 4.69) is 58.7 Å². The summed E-state index contributed by atoms with van der Waals surface area (Å²) in [6.07, 6.45) is 13.9. The third-order valence-corrected chi connectivity index (χ3v) is 7.65. The minimum atomic E-state index is -2.72. The molecule has 0 unspecified atom stereocenters. The summed E-state index contributed by atoms with van der Waals surface area (Å²) >= 11 is 0. The third-order valence-electron chi connectivity index (χ3n) is 7.65. The quantitative estimate of drug-likeness (QED) is 0.172. The van der Waals surface area contributed by atoms with Crippen molar-refractivity contribution in [2.24, 2.45) is 16.8 Å². The SMILES string of the molecule is CCC(C)=O.CCCCCCC.CCC[C@H](C)[C@@H](C)c1cccc(OC)c1C.CN=C(/C=C(\C)C(C)(F)F)C1CC1. The van der Waals surface area contributed by atoms with Gasteiger partial charge in [-0.05, 0) is 74.3 Å². The van der Waals surface area contributed by atoms with E-state index in [0.29, 0.717) is 18.3 Å². The molecular weight excluding hydrogens is 516 g/mol. The Morgan fingerprint density at radius 3 is 1.95 bits per heavy atom. The molecular formula is C36H63F2NO2. The lowest BCUT2D eigenvalue weighted by Crippen LogP contribution is -2.13. The van der Waals surface area contributed by atoms with Gasteiger partial charge in [0.05, 0.1) is 7.11 Å². The van der Waals surface area contributed by atoms with E-state index in [1.54, 1.807) is 21.1 Å². The van der Waals surface area contributed by atoms with Gasteiger partial charge < -0.3 is 9.53 Å². The lowest BCUT2D eigenvalue weighted by Gasteiger charge is -2.22. The number of carbonyl (C=O) groups excluding carboxylic acids is 1. The molecule has 0 heterocycles. The summed E-state index contributed by atoms with van der Waals surface area (Å²) in [6, 6.07) is 6.36. The second-order valence-corrected chi connectivity index (χ2v) is 11.5. The molecule has 0 saturated heterocycles. The van der Waals surface area contributed by atoms with Crippen molar-refractivity contribution in [3.05, 3.63) is 41.0 Å². The molecule has 0 amide bonds. The van der Waals surface area contributed by atoms with Crippen LogP contribution in [0.3, 0.4) is 0 Å². The third kappa shape index (κ3) is 19.7. The highest BCUT2D eigenvalue weighted by Crippen LogP contribution is 2.34. The van der Waals surface area contributed by atoms with E-state index >= 15 is 0 Å². The van der Waals surface area contributed by atoms with Crippen molar-refractivity contribution >= 4 is 11.5 Å². The molecule has 0 aromatic heterocycles. The van der Waals surface area contributed by atoms with Crippen molar-refractivity contribution in [3.63, 3.8) is 0 Å². The predicted octanol–water partition coefficient (Wildman–Crippen LogP) is 11.6. The number of hydrogen-bond donors (Lipinski definition) is 0. The van der Waals surface area contributed by atoms with Crippen molar-refractivity contribution < 1.29 is 18.3 Å². The highest BCUT2D eigenvalue weighted by molar-refractivity contribution is 5.98. The van der Waals surface area contributed by atoms with E-state index in [4.69, 9.17) is 4.74 Å². The van der Waals surface area contributed by atoms with Crippen molar-refractivity contribution in [3.8, 4) is 5.75 Å². The van der Waals surface area contributed by atoms with Gasteiger partial charge in [-0.2, -0.15) is 0 Å². The fourth-order valence-corrected chi connectivity index (χ4v) is 4.13. The Labute approximate surface area is 252 Å². The summed E-state index contributed by atoms with van der Waals surface area (Å²) in [6.45, 7) is 19.4. The maximum Gasteiger partial charge on any atom is 0.266 e. The van der Waals surface area contributed by atoms with Gasteiger partial charge in [-0.1, -0.05) is 98.6 Å². The topological polar surface area (TPSA) is 38.7 Å². The van der Waals surface area contributed by atoms with Crippen LogP contribution in [-0.4, -0.2) is 31.6 Å². The van der Waals surface area contributed by atoms with Gasteiger partial charge in [0.15, 0.2) is 0 Å². The lowest BCUT2D eigenvalue weighted by molar-refractivity contribution is -0.116. The molecule has 0 N–H and O–H groups in total. The Morgan fingerprint density at radius 1 is 1.05 bits per heavy atom. The minimum Gasteiger partial charge on any atom is -0.496 e. The number of unbranched alkanes of at least 4 members (excludes halogenated alkanes) is 4. The van der Waals surface area contributed by atoms with Crippen LogP contribution in [0.4, 0.5) is 8.78 Å². The highest BCUT2D eigenvalue weighted by Gasteiger charge is 2.29. The zero-order valence-corrected chi connectivity index (χ0v) is 28.6. The number of ether oxygens (including phenoxy) is 1. The summed E-state index contributed by atoms with van der Waals surface area (Å²) in [5.41, 5.74) is 3.64. The molecule has 1 fully saturated rings. The van der Waals surface area contributed by atoms with Crippen molar-refractivity contribution in [2.75, 3.05) is 14.2 Å². The number of hydrogen-bond acceptors (Lipinski definition) is 3. The molecule has 0 radical (unpaired) electrons. The second-order valence-electron chi connectivity index (χ2n) is 11.5. The summed E-state index contributed by atoms with van der Waals surface area (Å²) in [4.78, 5) is 13.8. The second kappa shape index (κ2) is 23.5. The highest BCUT2D eigenvalue weighted by atomic mass is 19.3. The molecule has 0 bridgehead atoms. The Hall–Kier alpha value is -2.04. The number of methoxy groups -OCH3 is 1. The summed E-state index contributed by atoms with van der Waals surface area (Å²) in [5, 5.41) is 0. The van der Waals surface area contributed by atoms with Crippen LogP contribution in [-0.2, 0) is 4.79 Å². The van der Waals surface area contributed by atoms with E-state index < -0.39 is 5.92 Å². The first kappa shape index (κ1) is 41.1. The van der Waals surface area contributed by atoms with Crippen LogP contribution in [0.2, 0.25) is 0 Å². The van der Waals surface area contributed by atoms with Crippen molar-refractivity contribution in [2.45, 2.75) is 145 Å². The Kier molecular flexibility index (Phi) is 23.6. The molecule has 2 rings (SSSR count). The monoisotopic (exact) mass is 579 g/mol. The van der Waals surface area contributed by atoms with E-state index in [-0.39, 0.29) is 11.4 Å². The van der Waals surface area contributed by atoms with Crippen LogP contribution in [0.15, 0.2) is 34.8 Å². The Balaban J connectivity index is 0. The molecule has 1 aromatic rings. The van der Waals surface area contributed by atoms with Crippen LogP contribution < -0.4 is 4.74 Å². The predicted molar refractivity (Wildman–Crippen MR) is 176 cm³/mol. The molecule has 0 aliphatic heterocycles. The molecule has 2 atom stereocenters. The van der Waals surface area contributed by atoms with Crippen LogP contribution in [0.25, 0.3) is 0 Å². The van der Waals surface area contributed by atoms with Gasteiger partial charge >= 0.3 is 0 Å². The largest absolute Gasteiger partial charge is 0.496 e. The number of alkyl halides is 2. The number of ketones is 1. The van der Waals surface area contributed by atoms with E-state index in [9.17, 15) is 13.6 Å². The molecule has 1 aliphatic rings. The van der Waals surface area contributed by atoms with Gasteiger partial charge in [0.1, 0.15) is 11.5 Å². The number of rotatable bonds is 13. The van der Waals surface area contributed by atoms with Crippen LogP contribution in [0.5, 0.6) is 5.75 Å². The van der Waals surface area contributed by atoms with Gasteiger partial charge in [-0.15, -0.1) is 0 Å². The maximum atomic E-state index is 12.8. The average molecular weight is 580 g/mol. The van der Waals surface area contributed by atoms with Gasteiger partial charge in [-0.3, -0.25) is 4.99 Å². The first-order valence-corrected chi connectivity index (χ1v) is 15.9. The number of benzene rings is 1. The van der Waals surface area contributed by atoms with Gasteiger partial charge in [0.2, 0.25) is 0 Å². The maximum absolute atomic E-state index is 12.8. The van der Waals surface area contributed by atoms with Gasteiger partial charge in [0.25, 0.3) is 5.92 Å². The van der Waals surface area contributed by atoms with Gasteiger partial charge in [-0.25, -0.2) is 8.78 Å². The molecule has 1 aromatic carbocycles. The Morgan fingerprint density at radius 2 is 1.59 bits per heavy atom. The van der Waals surface area contributed by atoms with Crippen molar-refractivity contribution in [1.82, 2.24) is 0 Å². The zero-order valence-electron chi connectivity index (χ0n) is 28.6. The number of carbonyl (C=O) groups is 1. The molecule has 1 aliphatic carbocycles. The molecule has 1 saturated carbocycles. The number of nitrogens with zero attached hydrogens (tertiary/aromatic N) is 1. The molecule has 5 heteroatoms. The first-order valence-electron chi connectivity index (χ1n) is 15.9. The van der Waals surface area contributed by atoms with E-state index in [0.717, 1.165) is 37.1 Å². The van der Waals surface area contributed by atoms with Crippen LogP contribution in [0.1, 0.15) is 144 Å². The van der Waals surface area contributed by atoms with Crippen LogP contribution in [0, 0.1) is 18.8 Å². The van der Waals surface area contributed by atoms with Gasteiger partial charge in [0, 0.05) is 32.0 Å². The average Bonchev–Trinajstić information content (AvgIpc) is 3.78. The number of aliphatic imine (C=N–C) groups is 1.